The highest BCUT2D eigenvalue weighted by atomic mass is 16.4. The summed E-state index contributed by atoms with van der Waals surface area (Å²) >= 11 is 0. The fourth-order valence-electron chi connectivity index (χ4n) is 5.62. The summed E-state index contributed by atoms with van der Waals surface area (Å²) in [5, 5.41) is 29.8. The first-order valence-corrected chi connectivity index (χ1v) is 10.8. The average Bonchev–Trinajstić information content (AvgIpc) is 3.16. The van der Waals surface area contributed by atoms with Gasteiger partial charge >= 0.3 is 5.97 Å². The van der Waals surface area contributed by atoms with E-state index in [1.54, 1.807) is 0 Å². The van der Waals surface area contributed by atoms with Crippen molar-refractivity contribution in [2.45, 2.75) is 83.3 Å². The van der Waals surface area contributed by atoms with Gasteiger partial charge in [-0.15, -0.1) is 0 Å². The van der Waals surface area contributed by atoms with Gasteiger partial charge in [-0.2, -0.15) is 0 Å². The quantitative estimate of drug-likeness (QED) is 0.376. The van der Waals surface area contributed by atoms with Crippen LogP contribution < -0.4 is 0 Å². The number of aliphatic hydroxyl groups excluding tert-OH is 2. The van der Waals surface area contributed by atoms with Gasteiger partial charge in [-0.05, 0) is 68.6 Å². The molecular weight excluding hydrogens is 340 g/mol. The van der Waals surface area contributed by atoms with Gasteiger partial charge in [0.15, 0.2) is 0 Å². The van der Waals surface area contributed by atoms with Gasteiger partial charge in [-0.3, -0.25) is 4.79 Å². The Hall–Kier alpha value is -1.31. The van der Waals surface area contributed by atoms with E-state index in [0.717, 1.165) is 38.5 Å². The van der Waals surface area contributed by atoms with E-state index in [1.165, 1.54) is 18.4 Å². The monoisotopic (exact) mass is 374 g/mol. The maximum atomic E-state index is 10.7. The van der Waals surface area contributed by atoms with E-state index >= 15 is 0 Å². The third-order valence-electron chi connectivity index (χ3n) is 7.05. The summed E-state index contributed by atoms with van der Waals surface area (Å²) in [6, 6.07) is 0. The number of unbranched alkanes of at least 4 members (excludes halogenated alkanes) is 1. The van der Waals surface area contributed by atoms with Crippen molar-refractivity contribution >= 4 is 5.97 Å². The molecule has 0 spiro atoms. The second-order valence-electron chi connectivity index (χ2n) is 8.64. The highest BCUT2D eigenvalue weighted by Gasteiger charge is 2.52. The van der Waals surface area contributed by atoms with Crippen molar-refractivity contribution in [1.29, 1.82) is 0 Å². The predicted molar refractivity (Wildman–Crippen MR) is 105 cm³/mol. The van der Waals surface area contributed by atoms with Crippen LogP contribution in [0, 0.1) is 41.4 Å². The Morgan fingerprint density at radius 2 is 2.00 bits per heavy atom. The molecule has 150 valence electrons. The van der Waals surface area contributed by atoms with Gasteiger partial charge in [-0.25, -0.2) is 0 Å². The summed E-state index contributed by atoms with van der Waals surface area (Å²) in [6.07, 6.45) is 10.3. The number of hydrogen-bond donors (Lipinski definition) is 3. The minimum absolute atomic E-state index is 0.0408. The van der Waals surface area contributed by atoms with Crippen LogP contribution in [-0.4, -0.2) is 33.5 Å². The van der Waals surface area contributed by atoms with Crippen LogP contribution in [0.1, 0.15) is 71.1 Å². The molecule has 3 aliphatic carbocycles. The van der Waals surface area contributed by atoms with Crippen LogP contribution in [0.3, 0.4) is 0 Å². The van der Waals surface area contributed by atoms with Crippen molar-refractivity contribution in [1.82, 2.24) is 0 Å². The molecule has 27 heavy (non-hydrogen) atoms. The minimum atomic E-state index is -0.733. The first-order chi connectivity index (χ1) is 13.0. The lowest BCUT2D eigenvalue weighted by molar-refractivity contribution is -0.137. The third kappa shape index (κ3) is 4.58. The molecule has 3 saturated carbocycles. The van der Waals surface area contributed by atoms with Crippen molar-refractivity contribution < 1.29 is 20.1 Å². The maximum Gasteiger partial charge on any atom is 0.303 e. The van der Waals surface area contributed by atoms with Crippen LogP contribution in [0.4, 0.5) is 0 Å². The van der Waals surface area contributed by atoms with Crippen LogP contribution in [0.25, 0.3) is 0 Å². The fourth-order valence-corrected chi connectivity index (χ4v) is 5.62. The lowest BCUT2D eigenvalue weighted by atomic mass is 9.50. The number of rotatable bonds is 6. The Morgan fingerprint density at radius 3 is 2.67 bits per heavy atom. The molecule has 4 heteroatoms. The molecule has 0 bridgehead atoms. The zero-order valence-electron chi connectivity index (χ0n) is 16.4. The second-order valence-corrected chi connectivity index (χ2v) is 8.64. The highest BCUT2D eigenvalue weighted by molar-refractivity contribution is 5.66. The summed E-state index contributed by atoms with van der Waals surface area (Å²) in [6.45, 7) is 2.19. The molecule has 0 saturated heterocycles. The standard InChI is InChI=1S/C23H34O4/c1-2-16-17(9-5-6-10-22(26)27)18-11-14-21(25)19(23(16)18)12-13-20(24)15-7-3-4-8-15/h9,15-16,18-21,23-25H,2-8,10-11,14H2,1H3,(H,26,27)/t16?,18-,19+,20?,21-,23+/m1/s1. The average molecular weight is 375 g/mol. The first-order valence-electron chi connectivity index (χ1n) is 10.8. The van der Waals surface area contributed by atoms with Gasteiger partial charge in [-0.1, -0.05) is 43.3 Å². The Labute approximate surface area is 163 Å². The molecule has 0 radical (unpaired) electrons. The Morgan fingerprint density at radius 1 is 1.26 bits per heavy atom. The molecule has 3 rings (SSSR count). The van der Waals surface area contributed by atoms with Gasteiger partial charge in [0.25, 0.3) is 0 Å². The molecule has 0 aromatic rings. The number of aliphatic carboxylic acids is 1. The van der Waals surface area contributed by atoms with Crippen LogP contribution in [-0.2, 0) is 4.79 Å². The maximum absolute atomic E-state index is 10.7. The van der Waals surface area contributed by atoms with Crippen LogP contribution >= 0.6 is 0 Å². The predicted octanol–water partition coefficient (Wildman–Crippen LogP) is 3.77. The summed E-state index contributed by atoms with van der Waals surface area (Å²) in [5.74, 6) is 7.22. The van der Waals surface area contributed by atoms with E-state index in [1.807, 2.05) is 0 Å². The minimum Gasteiger partial charge on any atom is -0.481 e. The number of allylic oxidation sites excluding steroid dienone is 2. The molecule has 3 aliphatic rings. The van der Waals surface area contributed by atoms with Crippen LogP contribution in [0.2, 0.25) is 0 Å². The zero-order valence-corrected chi connectivity index (χ0v) is 16.4. The van der Waals surface area contributed by atoms with E-state index in [0.29, 0.717) is 30.1 Å². The molecule has 6 atom stereocenters. The Bertz CT molecular complexity index is 600. The Balaban J connectivity index is 1.66. The smallest absolute Gasteiger partial charge is 0.303 e. The highest BCUT2D eigenvalue weighted by Crippen LogP contribution is 2.57. The summed E-state index contributed by atoms with van der Waals surface area (Å²) in [5.41, 5.74) is 1.46. The fraction of sp³-hybridized carbons (Fsp3) is 0.783. The summed E-state index contributed by atoms with van der Waals surface area (Å²) in [7, 11) is 0. The second kappa shape index (κ2) is 9.26. The molecular formula is C23H34O4. The molecule has 2 unspecified atom stereocenters. The molecule has 0 aliphatic heterocycles. The van der Waals surface area contributed by atoms with Crippen molar-refractivity contribution in [2.75, 3.05) is 0 Å². The Kier molecular flexibility index (Phi) is 7.00. The number of aliphatic hydroxyl groups is 2. The van der Waals surface area contributed by atoms with E-state index < -0.39 is 18.2 Å². The molecule has 4 nitrogen and oxygen atoms in total. The molecule has 0 amide bonds. The first kappa shape index (κ1) is 20.4. The van der Waals surface area contributed by atoms with E-state index in [-0.39, 0.29) is 12.3 Å². The SMILES string of the molecule is CCC1C(=CCCCC(=O)O)[C@H]2CC[C@@H](O)[C@H](C#CC(O)C3CCCC3)[C@@H]12. The largest absolute Gasteiger partial charge is 0.481 e. The molecule has 0 aromatic heterocycles. The van der Waals surface area contributed by atoms with Crippen LogP contribution in [0.15, 0.2) is 11.6 Å². The van der Waals surface area contributed by atoms with Crippen molar-refractivity contribution in [3.8, 4) is 11.8 Å². The number of carboxylic acid groups (broad SMARTS) is 1. The van der Waals surface area contributed by atoms with E-state index in [9.17, 15) is 15.0 Å². The zero-order chi connectivity index (χ0) is 19.4. The molecule has 0 heterocycles. The molecule has 3 N–H and O–H groups in total. The van der Waals surface area contributed by atoms with Crippen molar-refractivity contribution in [2.24, 2.45) is 29.6 Å². The number of hydrogen-bond acceptors (Lipinski definition) is 3. The van der Waals surface area contributed by atoms with Gasteiger partial charge in [0.1, 0.15) is 6.10 Å². The van der Waals surface area contributed by atoms with Gasteiger partial charge < -0.3 is 15.3 Å². The molecule has 3 fully saturated rings. The lowest BCUT2D eigenvalue weighted by Crippen LogP contribution is -2.50. The van der Waals surface area contributed by atoms with Gasteiger partial charge in [0.05, 0.1) is 12.0 Å². The van der Waals surface area contributed by atoms with Crippen LogP contribution in [0.5, 0.6) is 0 Å². The summed E-state index contributed by atoms with van der Waals surface area (Å²) in [4.78, 5) is 10.7. The van der Waals surface area contributed by atoms with E-state index in [4.69, 9.17) is 5.11 Å². The van der Waals surface area contributed by atoms with Crippen molar-refractivity contribution in [3.63, 3.8) is 0 Å². The normalized spacial score (nSPS) is 35.8. The lowest BCUT2D eigenvalue weighted by Gasteiger charge is -2.54. The van der Waals surface area contributed by atoms with Gasteiger partial charge in [0.2, 0.25) is 0 Å². The number of carbonyl (C=O) groups is 1. The summed E-state index contributed by atoms with van der Waals surface area (Å²) < 4.78 is 0. The van der Waals surface area contributed by atoms with E-state index in [2.05, 4.69) is 24.8 Å². The topological polar surface area (TPSA) is 77.8 Å². The van der Waals surface area contributed by atoms with Crippen molar-refractivity contribution in [3.05, 3.63) is 11.6 Å². The number of carboxylic acids is 1. The molecule has 0 aromatic carbocycles. The van der Waals surface area contributed by atoms with Gasteiger partial charge in [0, 0.05) is 6.42 Å². The third-order valence-corrected chi connectivity index (χ3v) is 7.05. The number of fused-ring (bicyclic) bond motifs is 1.